The molecule has 8 heteroatoms. The first kappa shape index (κ1) is 21.1. The first-order valence-electron chi connectivity index (χ1n) is 8.95. The Bertz CT molecular complexity index is 591. The normalized spacial score (nSPS) is 23.0. The molecule has 0 radical (unpaired) electrons. The number of benzene rings is 1. The summed E-state index contributed by atoms with van der Waals surface area (Å²) < 4.78 is 33.5. The lowest BCUT2D eigenvalue weighted by Gasteiger charge is -2.21. The molecule has 2 saturated heterocycles. The van der Waals surface area contributed by atoms with Crippen molar-refractivity contribution in [3.8, 4) is 0 Å². The fourth-order valence-corrected chi connectivity index (χ4v) is 3.48. The van der Waals surface area contributed by atoms with Crippen LogP contribution in [0, 0.1) is 11.6 Å². The minimum Gasteiger partial charge on any atom is -0.378 e. The third-order valence-electron chi connectivity index (χ3n) is 4.79. The van der Waals surface area contributed by atoms with Crippen molar-refractivity contribution in [1.82, 2.24) is 10.6 Å². The highest BCUT2D eigenvalue weighted by molar-refractivity contribution is 14.0. The molecule has 5 nitrogen and oxygen atoms in total. The van der Waals surface area contributed by atoms with Gasteiger partial charge in [0.25, 0.3) is 0 Å². The summed E-state index contributed by atoms with van der Waals surface area (Å²) in [5, 5.41) is 6.63. The molecule has 0 aromatic heterocycles. The van der Waals surface area contributed by atoms with Crippen molar-refractivity contribution >= 4 is 35.6 Å². The molecule has 0 amide bonds. The minimum atomic E-state index is -0.514. The first-order chi connectivity index (χ1) is 12.2. The number of aliphatic imine (C=N–C) groups is 1. The van der Waals surface area contributed by atoms with Crippen LogP contribution in [0.4, 0.5) is 14.5 Å². The summed E-state index contributed by atoms with van der Waals surface area (Å²) in [6, 6.07) is 4.09. The number of para-hydroxylation sites is 1. The Labute approximate surface area is 170 Å². The lowest BCUT2D eigenvalue weighted by Crippen LogP contribution is -2.45. The van der Waals surface area contributed by atoms with E-state index in [9.17, 15) is 8.78 Å². The molecule has 0 saturated carbocycles. The largest absolute Gasteiger partial charge is 0.378 e. The second-order valence-electron chi connectivity index (χ2n) is 6.57. The highest BCUT2D eigenvalue weighted by Gasteiger charge is 2.27. The number of ether oxygens (including phenoxy) is 1. The van der Waals surface area contributed by atoms with E-state index in [-0.39, 0.29) is 35.7 Å². The average Bonchev–Trinajstić information content (AvgIpc) is 3.26. The maximum Gasteiger partial charge on any atom is 0.191 e. The van der Waals surface area contributed by atoms with Gasteiger partial charge in [0.1, 0.15) is 17.3 Å². The second-order valence-corrected chi connectivity index (χ2v) is 6.57. The molecule has 2 atom stereocenters. The van der Waals surface area contributed by atoms with Gasteiger partial charge in [-0.2, -0.15) is 0 Å². The average molecular weight is 480 g/mol. The van der Waals surface area contributed by atoms with Crippen LogP contribution in [0.15, 0.2) is 23.2 Å². The molecular weight excluding hydrogens is 453 g/mol. The van der Waals surface area contributed by atoms with E-state index in [1.165, 1.54) is 18.2 Å². The molecule has 0 aliphatic carbocycles. The van der Waals surface area contributed by atoms with E-state index >= 15 is 0 Å². The van der Waals surface area contributed by atoms with E-state index in [0.717, 1.165) is 44.8 Å². The van der Waals surface area contributed by atoms with Crippen molar-refractivity contribution < 1.29 is 13.5 Å². The molecule has 146 valence electrons. The predicted octanol–water partition coefficient (Wildman–Crippen LogP) is 2.90. The van der Waals surface area contributed by atoms with E-state index in [0.29, 0.717) is 19.2 Å². The number of nitrogens with zero attached hydrogens (tertiary/aromatic N) is 2. The summed E-state index contributed by atoms with van der Waals surface area (Å²) >= 11 is 0. The zero-order valence-electron chi connectivity index (χ0n) is 15.0. The van der Waals surface area contributed by atoms with Crippen LogP contribution >= 0.6 is 24.0 Å². The number of halogens is 3. The lowest BCUT2D eigenvalue weighted by molar-refractivity contribution is 0.105. The number of hydrogen-bond acceptors (Lipinski definition) is 3. The maximum absolute atomic E-state index is 13.9. The van der Waals surface area contributed by atoms with Gasteiger partial charge in [-0.1, -0.05) is 6.07 Å². The van der Waals surface area contributed by atoms with E-state index in [1.54, 1.807) is 11.9 Å². The Morgan fingerprint density at radius 1 is 1.31 bits per heavy atom. The Morgan fingerprint density at radius 3 is 2.73 bits per heavy atom. The van der Waals surface area contributed by atoms with Crippen molar-refractivity contribution in [3.63, 3.8) is 0 Å². The fourth-order valence-electron chi connectivity index (χ4n) is 3.48. The molecule has 1 aromatic carbocycles. The van der Waals surface area contributed by atoms with Crippen LogP contribution in [-0.4, -0.2) is 51.4 Å². The summed E-state index contributed by atoms with van der Waals surface area (Å²) in [7, 11) is 1.73. The number of nitrogens with one attached hydrogen (secondary N) is 2. The summed E-state index contributed by atoms with van der Waals surface area (Å²) in [6.07, 6.45) is 4.37. The summed E-state index contributed by atoms with van der Waals surface area (Å²) in [5.74, 6) is -0.307. The van der Waals surface area contributed by atoms with Gasteiger partial charge >= 0.3 is 0 Å². The Hall–Kier alpha value is -1.16. The van der Waals surface area contributed by atoms with Crippen LogP contribution in [-0.2, 0) is 4.74 Å². The Kier molecular flexibility index (Phi) is 8.33. The molecule has 2 aliphatic heterocycles. The molecular formula is C18H27F2IN4O. The fraction of sp³-hybridized carbons (Fsp3) is 0.611. The highest BCUT2D eigenvalue weighted by Crippen LogP contribution is 2.26. The van der Waals surface area contributed by atoms with Gasteiger partial charge in [-0.15, -0.1) is 24.0 Å². The molecule has 2 heterocycles. The van der Waals surface area contributed by atoms with Gasteiger partial charge in [-0.3, -0.25) is 4.99 Å². The minimum absolute atomic E-state index is 0. The third-order valence-corrected chi connectivity index (χ3v) is 4.79. The van der Waals surface area contributed by atoms with Crippen LogP contribution in [0.5, 0.6) is 0 Å². The van der Waals surface area contributed by atoms with Crippen LogP contribution < -0.4 is 15.5 Å². The van der Waals surface area contributed by atoms with E-state index in [4.69, 9.17) is 4.74 Å². The summed E-state index contributed by atoms with van der Waals surface area (Å²) in [4.78, 5) is 5.99. The highest BCUT2D eigenvalue weighted by atomic mass is 127. The molecule has 3 rings (SSSR count). The maximum atomic E-state index is 13.9. The number of anilines is 1. The van der Waals surface area contributed by atoms with Gasteiger partial charge in [-0.25, -0.2) is 8.78 Å². The third kappa shape index (κ3) is 5.42. The predicted molar refractivity (Wildman–Crippen MR) is 110 cm³/mol. The van der Waals surface area contributed by atoms with Crippen molar-refractivity contribution in [1.29, 1.82) is 0 Å². The molecule has 2 unspecified atom stereocenters. The molecule has 0 spiro atoms. The topological polar surface area (TPSA) is 48.9 Å². The van der Waals surface area contributed by atoms with Crippen molar-refractivity contribution in [2.24, 2.45) is 4.99 Å². The number of rotatable bonds is 5. The van der Waals surface area contributed by atoms with Gasteiger partial charge in [0.15, 0.2) is 5.96 Å². The molecule has 1 aromatic rings. The van der Waals surface area contributed by atoms with Crippen molar-refractivity contribution in [2.45, 2.75) is 37.8 Å². The van der Waals surface area contributed by atoms with Crippen LogP contribution in [0.1, 0.15) is 25.7 Å². The summed E-state index contributed by atoms with van der Waals surface area (Å²) in [5.41, 5.74) is 0.0631. The van der Waals surface area contributed by atoms with Crippen LogP contribution in [0.2, 0.25) is 0 Å². The SMILES string of the molecule is CN=C(NCCC1CCCO1)NC1CCN(c2c(F)cccc2F)C1.I. The monoisotopic (exact) mass is 480 g/mol. The Morgan fingerprint density at radius 2 is 2.08 bits per heavy atom. The molecule has 2 fully saturated rings. The number of guanidine groups is 1. The van der Waals surface area contributed by atoms with Gasteiger partial charge < -0.3 is 20.3 Å². The molecule has 2 aliphatic rings. The quantitative estimate of drug-likeness (QED) is 0.387. The molecule has 26 heavy (non-hydrogen) atoms. The van der Waals surface area contributed by atoms with E-state index in [2.05, 4.69) is 15.6 Å². The van der Waals surface area contributed by atoms with E-state index < -0.39 is 11.6 Å². The van der Waals surface area contributed by atoms with Crippen molar-refractivity contribution in [2.75, 3.05) is 38.2 Å². The Balaban J connectivity index is 0.00000243. The zero-order chi connectivity index (χ0) is 17.6. The van der Waals surface area contributed by atoms with Gasteiger partial charge in [-0.05, 0) is 37.8 Å². The van der Waals surface area contributed by atoms with Crippen LogP contribution in [0.25, 0.3) is 0 Å². The smallest absolute Gasteiger partial charge is 0.191 e. The van der Waals surface area contributed by atoms with E-state index in [1.807, 2.05) is 0 Å². The van der Waals surface area contributed by atoms with Crippen molar-refractivity contribution in [3.05, 3.63) is 29.8 Å². The number of hydrogen-bond donors (Lipinski definition) is 2. The van der Waals surface area contributed by atoms with Crippen LogP contribution in [0.3, 0.4) is 0 Å². The van der Waals surface area contributed by atoms with Gasteiger partial charge in [0.05, 0.1) is 6.10 Å². The van der Waals surface area contributed by atoms with Gasteiger partial charge in [0, 0.05) is 39.3 Å². The first-order valence-corrected chi connectivity index (χ1v) is 8.95. The standard InChI is InChI=1S/C18H26F2N4O.HI/c1-21-18(22-9-7-14-4-3-11-25-14)23-13-8-10-24(12-13)17-15(19)5-2-6-16(17)20;/h2,5-6,13-14H,3-4,7-12H2,1H3,(H2,21,22,23);1H. The molecule has 2 N–H and O–H groups in total. The lowest BCUT2D eigenvalue weighted by atomic mass is 10.2. The molecule has 0 bridgehead atoms. The van der Waals surface area contributed by atoms with Gasteiger partial charge in [0.2, 0.25) is 0 Å². The second kappa shape index (κ2) is 10.2. The zero-order valence-corrected chi connectivity index (χ0v) is 17.3. The summed E-state index contributed by atoms with van der Waals surface area (Å²) in [6.45, 7) is 2.82.